The van der Waals surface area contributed by atoms with Gasteiger partial charge in [-0.15, -0.1) is 13.2 Å². The van der Waals surface area contributed by atoms with Crippen molar-refractivity contribution in [2.45, 2.75) is 18.0 Å². The van der Waals surface area contributed by atoms with E-state index in [9.17, 15) is 22.8 Å². The third kappa shape index (κ3) is 4.63. The van der Waals surface area contributed by atoms with E-state index in [1.807, 2.05) is 0 Å². The Balaban J connectivity index is 1.92. The third-order valence-electron chi connectivity index (χ3n) is 3.07. The lowest BCUT2D eigenvalue weighted by atomic mass is 10.2. The van der Waals surface area contributed by atoms with E-state index in [4.69, 9.17) is 0 Å². The van der Waals surface area contributed by atoms with Crippen LogP contribution in [-0.2, 0) is 9.59 Å². The van der Waals surface area contributed by atoms with Gasteiger partial charge in [0.15, 0.2) is 5.17 Å². The van der Waals surface area contributed by atoms with Gasteiger partial charge in [0.2, 0.25) is 11.8 Å². The van der Waals surface area contributed by atoms with E-state index in [-0.39, 0.29) is 18.1 Å². The first-order chi connectivity index (χ1) is 11.2. The van der Waals surface area contributed by atoms with Gasteiger partial charge >= 0.3 is 6.36 Å². The Kier molecular flexibility index (Phi) is 5.37. The number of carbonyl (C=O) groups excluding carboxylic acids is 2. The molecule has 1 N–H and O–H groups in total. The molecule has 1 aromatic rings. The summed E-state index contributed by atoms with van der Waals surface area (Å²) in [6.07, 6.45) is -4.83. The predicted molar refractivity (Wildman–Crippen MR) is 83.9 cm³/mol. The topological polar surface area (TPSA) is 71.0 Å². The summed E-state index contributed by atoms with van der Waals surface area (Å²) in [7, 11) is 3.13. The van der Waals surface area contributed by atoms with Crippen molar-refractivity contribution in [3.05, 3.63) is 24.3 Å². The molecule has 24 heavy (non-hydrogen) atoms. The molecule has 1 fully saturated rings. The van der Waals surface area contributed by atoms with Crippen LogP contribution in [0.1, 0.15) is 6.42 Å². The summed E-state index contributed by atoms with van der Waals surface area (Å²) < 4.78 is 39.9. The van der Waals surface area contributed by atoms with E-state index in [0.717, 1.165) is 12.1 Å². The smallest absolute Gasteiger partial charge is 0.406 e. The molecular formula is C14H14F3N3O3S. The van der Waals surface area contributed by atoms with Crippen LogP contribution in [0.4, 0.5) is 18.9 Å². The standard InChI is InChI=1S/C14H14F3N3O3S/c1-18-13-20(2)12(22)10(24-13)7-11(21)19-8-3-5-9(6-4-8)23-14(15,16)17/h3-6,10H,7H2,1-2H3,(H,19,21)/t10-/m0/s1. The number of ether oxygens (including phenoxy) is 1. The van der Waals surface area contributed by atoms with Crippen molar-refractivity contribution in [3.63, 3.8) is 0 Å². The zero-order chi connectivity index (χ0) is 17.9. The summed E-state index contributed by atoms with van der Waals surface area (Å²) in [6, 6.07) is 4.75. The van der Waals surface area contributed by atoms with E-state index in [0.29, 0.717) is 10.9 Å². The second-order valence-electron chi connectivity index (χ2n) is 4.83. The molecule has 1 aliphatic heterocycles. The van der Waals surface area contributed by atoms with Gasteiger partial charge < -0.3 is 10.1 Å². The van der Waals surface area contributed by atoms with E-state index < -0.39 is 17.5 Å². The number of thioether (sulfide) groups is 1. The van der Waals surface area contributed by atoms with E-state index in [1.165, 1.54) is 28.8 Å². The van der Waals surface area contributed by atoms with Gasteiger partial charge in [0.25, 0.3) is 0 Å². The number of hydrogen-bond donors (Lipinski definition) is 1. The SMILES string of the molecule is CN=C1S[C@@H](CC(=O)Nc2ccc(OC(F)(F)F)cc2)C(=O)N1C. The van der Waals surface area contributed by atoms with Crippen LogP contribution < -0.4 is 10.1 Å². The highest BCUT2D eigenvalue weighted by molar-refractivity contribution is 8.15. The molecule has 1 aromatic carbocycles. The Labute approximate surface area is 140 Å². The summed E-state index contributed by atoms with van der Waals surface area (Å²) in [5.74, 6) is -1.02. The molecule has 0 bridgehead atoms. The number of benzene rings is 1. The van der Waals surface area contributed by atoms with Gasteiger partial charge in [0, 0.05) is 26.2 Å². The molecule has 0 saturated carbocycles. The Bertz CT molecular complexity index is 661. The number of nitrogens with zero attached hydrogens (tertiary/aromatic N) is 2. The van der Waals surface area contributed by atoms with Crippen LogP contribution in [0.5, 0.6) is 5.75 Å². The van der Waals surface area contributed by atoms with Crippen molar-refractivity contribution in [2.24, 2.45) is 4.99 Å². The normalized spacial score (nSPS) is 19.7. The lowest BCUT2D eigenvalue weighted by molar-refractivity contribution is -0.274. The van der Waals surface area contributed by atoms with Crippen LogP contribution in [0.3, 0.4) is 0 Å². The number of rotatable bonds is 4. The van der Waals surface area contributed by atoms with Crippen molar-refractivity contribution in [2.75, 3.05) is 19.4 Å². The molecule has 6 nitrogen and oxygen atoms in total. The molecule has 1 atom stereocenters. The lowest BCUT2D eigenvalue weighted by Gasteiger charge is -2.11. The first-order valence-electron chi connectivity index (χ1n) is 6.76. The van der Waals surface area contributed by atoms with Gasteiger partial charge in [-0.2, -0.15) is 0 Å². The van der Waals surface area contributed by atoms with Crippen molar-refractivity contribution >= 4 is 34.4 Å². The average molecular weight is 361 g/mol. The fraction of sp³-hybridized carbons (Fsp3) is 0.357. The molecule has 1 saturated heterocycles. The zero-order valence-corrected chi connectivity index (χ0v) is 13.6. The quantitative estimate of drug-likeness (QED) is 0.894. The van der Waals surface area contributed by atoms with Gasteiger partial charge in [-0.25, -0.2) is 0 Å². The fourth-order valence-corrected chi connectivity index (χ4v) is 3.12. The summed E-state index contributed by atoms with van der Waals surface area (Å²) in [4.78, 5) is 29.3. The molecule has 10 heteroatoms. The van der Waals surface area contributed by atoms with E-state index in [1.54, 1.807) is 14.1 Å². The van der Waals surface area contributed by atoms with E-state index >= 15 is 0 Å². The van der Waals surface area contributed by atoms with Gasteiger partial charge in [-0.05, 0) is 24.3 Å². The van der Waals surface area contributed by atoms with Crippen molar-refractivity contribution in [3.8, 4) is 5.75 Å². The molecule has 0 aliphatic carbocycles. The van der Waals surface area contributed by atoms with Crippen LogP contribution in [-0.4, -0.2) is 47.6 Å². The number of carbonyl (C=O) groups is 2. The number of amides is 2. The largest absolute Gasteiger partial charge is 0.573 e. The van der Waals surface area contributed by atoms with Gasteiger partial charge in [-0.1, -0.05) is 11.8 Å². The number of alkyl halides is 3. The van der Waals surface area contributed by atoms with Crippen LogP contribution in [0.25, 0.3) is 0 Å². The van der Waals surface area contributed by atoms with Gasteiger partial charge in [-0.3, -0.25) is 19.5 Å². The average Bonchev–Trinajstić information content (AvgIpc) is 2.75. The van der Waals surface area contributed by atoms with Crippen LogP contribution >= 0.6 is 11.8 Å². The summed E-state index contributed by atoms with van der Waals surface area (Å²) >= 11 is 1.20. The molecule has 0 radical (unpaired) electrons. The van der Waals surface area contributed by atoms with Crippen LogP contribution in [0.15, 0.2) is 29.3 Å². The van der Waals surface area contributed by atoms with Gasteiger partial charge in [0.1, 0.15) is 11.0 Å². The predicted octanol–water partition coefficient (Wildman–Crippen LogP) is 2.47. The number of anilines is 1. The van der Waals surface area contributed by atoms with Gasteiger partial charge in [0.05, 0.1) is 0 Å². The van der Waals surface area contributed by atoms with Crippen molar-refractivity contribution in [1.29, 1.82) is 0 Å². The molecule has 130 valence electrons. The molecule has 0 spiro atoms. The number of hydrogen-bond acceptors (Lipinski definition) is 5. The fourth-order valence-electron chi connectivity index (χ4n) is 2.02. The maximum absolute atomic E-state index is 12.1. The highest BCUT2D eigenvalue weighted by Gasteiger charge is 2.36. The van der Waals surface area contributed by atoms with Crippen molar-refractivity contribution in [1.82, 2.24) is 4.90 Å². The second kappa shape index (κ2) is 7.12. The molecule has 0 unspecified atom stereocenters. The minimum atomic E-state index is -4.77. The third-order valence-corrected chi connectivity index (χ3v) is 4.39. The Hall–Kier alpha value is -2.23. The van der Waals surface area contributed by atoms with Crippen molar-refractivity contribution < 1.29 is 27.5 Å². The lowest BCUT2D eigenvalue weighted by Crippen LogP contribution is -2.30. The molecule has 2 rings (SSSR count). The number of halogens is 3. The molecule has 0 aromatic heterocycles. The minimum Gasteiger partial charge on any atom is -0.406 e. The first kappa shape index (κ1) is 18.1. The highest BCUT2D eigenvalue weighted by atomic mass is 32.2. The molecular weight excluding hydrogens is 347 g/mol. The maximum Gasteiger partial charge on any atom is 0.573 e. The monoisotopic (exact) mass is 361 g/mol. The Morgan fingerprint density at radius 3 is 2.50 bits per heavy atom. The summed E-state index contributed by atoms with van der Waals surface area (Å²) in [5, 5.41) is 2.49. The zero-order valence-electron chi connectivity index (χ0n) is 12.8. The highest BCUT2D eigenvalue weighted by Crippen LogP contribution is 2.29. The molecule has 2 amide bonds. The number of aliphatic imine (C=N–C) groups is 1. The van der Waals surface area contributed by atoms with E-state index in [2.05, 4.69) is 15.0 Å². The first-order valence-corrected chi connectivity index (χ1v) is 7.64. The maximum atomic E-state index is 12.1. The summed E-state index contributed by atoms with van der Waals surface area (Å²) in [5.41, 5.74) is 0.308. The summed E-state index contributed by atoms with van der Waals surface area (Å²) in [6.45, 7) is 0. The number of amidine groups is 1. The number of nitrogens with one attached hydrogen (secondary N) is 1. The van der Waals surface area contributed by atoms with Crippen LogP contribution in [0.2, 0.25) is 0 Å². The molecule has 1 heterocycles. The van der Waals surface area contributed by atoms with Crippen LogP contribution in [0, 0.1) is 0 Å². The Morgan fingerprint density at radius 1 is 1.38 bits per heavy atom. The second-order valence-corrected chi connectivity index (χ2v) is 6.00. The minimum absolute atomic E-state index is 0.0618. The Morgan fingerprint density at radius 2 is 2.00 bits per heavy atom. The molecule has 1 aliphatic rings.